The molecule has 0 saturated heterocycles. The van der Waals surface area contributed by atoms with Gasteiger partial charge in [-0.1, -0.05) is 12.1 Å². The summed E-state index contributed by atoms with van der Waals surface area (Å²) in [6.45, 7) is 1.75. The van der Waals surface area contributed by atoms with Crippen LogP contribution in [-0.2, 0) is 16.0 Å². The average Bonchev–Trinajstić information content (AvgIpc) is 2.56. The molecule has 0 radical (unpaired) electrons. The van der Waals surface area contributed by atoms with Gasteiger partial charge in [0.2, 0.25) is 0 Å². The average molecular weight is 394 g/mol. The number of hydrogen-bond acceptors (Lipinski definition) is 5. The summed E-state index contributed by atoms with van der Waals surface area (Å²) < 4.78 is 10.9. The number of methoxy groups -OCH3 is 1. The Bertz CT molecular complexity index is 735. The first-order valence-electron chi connectivity index (χ1n) is 7.19. The summed E-state index contributed by atoms with van der Waals surface area (Å²) in [7, 11) is 1.36. The highest BCUT2D eigenvalue weighted by molar-refractivity contribution is 9.10. The van der Waals surface area contributed by atoms with Crippen molar-refractivity contribution in [3.05, 3.63) is 62.1 Å². The van der Waals surface area contributed by atoms with E-state index in [4.69, 9.17) is 4.74 Å². The fourth-order valence-corrected chi connectivity index (χ4v) is 2.77. The van der Waals surface area contributed by atoms with E-state index in [1.54, 1.807) is 19.1 Å². The molecule has 2 aromatic carbocycles. The molecule has 0 amide bonds. The summed E-state index contributed by atoms with van der Waals surface area (Å²) in [5, 5.41) is 10.9. The molecule has 2 rings (SSSR count). The van der Waals surface area contributed by atoms with E-state index in [1.807, 2.05) is 12.1 Å². The molecule has 0 bridgehead atoms. The number of ether oxygens (including phenoxy) is 2. The molecule has 0 unspecified atom stereocenters. The van der Waals surface area contributed by atoms with E-state index < -0.39 is 4.92 Å². The van der Waals surface area contributed by atoms with E-state index in [0.29, 0.717) is 34.4 Å². The minimum absolute atomic E-state index is 0.00452. The zero-order valence-corrected chi connectivity index (χ0v) is 14.8. The first-order valence-corrected chi connectivity index (χ1v) is 7.98. The second-order valence-corrected chi connectivity index (χ2v) is 6.01. The molecule has 7 heteroatoms. The van der Waals surface area contributed by atoms with Gasteiger partial charge in [0.05, 0.1) is 16.5 Å². The fourth-order valence-electron chi connectivity index (χ4n) is 2.14. The summed E-state index contributed by atoms with van der Waals surface area (Å²) in [5.41, 5.74) is 1.66. The van der Waals surface area contributed by atoms with E-state index in [-0.39, 0.29) is 11.7 Å². The molecule has 0 aliphatic carbocycles. The molecule has 6 nitrogen and oxygen atoms in total. The van der Waals surface area contributed by atoms with Crippen molar-refractivity contribution in [2.24, 2.45) is 0 Å². The molecule has 0 aliphatic heterocycles. The van der Waals surface area contributed by atoms with Crippen molar-refractivity contribution in [1.29, 1.82) is 0 Å². The van der Waals surface area contributed by atoms with Crippen LogP contribution < -0.4 is 4.74 Å². The van der Waals surface area contributed by atoms with Gasteiger partial charge >= 0.3 is 5.97 Å². The standard InChI is InChI=1S/C17H16BrNO5/c1-11-9-13(19(21)22)10-15(18)17(11)24-14-6-3-12(4-7-14)5-8-16(20)23-2/h3-4,6-7,9-10H,5,8H2,1-2H3. The predicted molar refractivity (Wildman–Crippen MR) is 92.4 cm³/mol. The maximum absolute atomic E-state index is 11.1. The van der Waals surface area contributed by atoms with Crippen LogP contribution in [0.15, 0.2) is 40.9 Å². The third-order valence-corrected chi connectivity index (χ3v) is 4.00. The van der Waals surface area contributed by atoms with Crippen LogP contribution in [0.1, 0.15) is 17.5 Å². The maximum atomic E-state index is 11.1. The number of halogens is 1. The van der Waals surface area contributed by atoms with Crippen LogP contribution in [0, 0.1) is 17.0 Å². The van der Waals surface area contributed by atoms with Crippen LogP contribution in [0.3, 0.4) is 0 Å². The quantitative estimate of drug-likeness (QED) is 0.408. The first kappa shape index (κ1) is 17.9. The van der Waals surface area contributed by atoms with Gasteiger partial charge in [0.25, 0.3) is 5.69 Å². The molecule has 0 atom stereocenters. The van der Waals surface area contributed by atoms with E-state index in [1.165, 1.54) is 19.2 Å². The molecule has 24 heavy (non-hydrogen) atoms. The highest BCUT2D eigenvalue weighted by atomic mass is 79.9. The van der Waals surface area contributed by atoms with Crippen molar-refractivity contribution in [3.63, 3.8) is 0 Å². The smallest absolute Gasteiger partial charge is 0.305 e. The Balaban J connectivity index is 2.11. The number of rotatable bonds is 6. The van der Waals surface area contributed by atoms with Crippen LogP contribution in [0.5, 0.6) is 11.5 Å². The van der Waals surface area contributed by atoms with Crippen molar-refractivity contribution in [3.8, 4) is 11.5 Å². The van der Waals surface area contributed by atoms with Gasteiger partial charge in [0, 0.05) is 18.6 Å². The van der Waals surface area contributed by atoms with E-state index in [2.05, 4.69) is 20.7 Å². The Morgan fingerprint density at radius 2 is 1.92 bits per heavy atom. The van der Waals surface area contributed by atoms with E-state index in [0.717, 1.165) is 5.56 Å². The van der Waals surface area contributed by atoms with Gasteiger partial charge in [0.15, 0.2) is 0 Å². The summed E-state index contributed by atoms with van der Waals surface area (Å²) in [6.07, 6.45) is 0.914. The molecule has 0 aliphatic rings. The predicted octanol–water partition coefficient (Wildman–Crippen LogP) is 4.56. The Labute approximate surface area is 147 Å². The Morgan fingerprint density at radius 3 is 2.46 bits per heavy atom. The maximum Gasteiger partial charge on any atom is 0.305 e. The van der Waals surface area contributed by atoms with Gasteiger partial charge in [0.1, 0.15) is 11.5 Å². The largest absolute Gasteiger partial charge is 0.469 e. The second-order valence-electron chi connectivity index (χ2n) is 5.15. The van der Waals surface area contributed by atoms with Gasteiger partial charge in [-0.2, -0.15) is 0 Å². The second kappa shape index (κ2) is 7.92. The number of carbonyl (C=O) groups excluding carboxylic acids is 1. The van der Waals surface area contributed by atoms with Gasteiger partial charge in [-0.05, 0) is 52.5 Å². The van der Waals surface area contributed by atoms with Crippen LogP contribution in [0.4, 0.5) is 5.69 Å². The van der Waals surface area contributed by atoms with Crippen molar-refractivity contribution >= 4 is 27.6 Å². The van der Waals surface area contributed by atoms with Gasteiger partial charge in [-0.15, -0.1) is 0 Å². The molecular formula is C17H16BrNO5. The number of non-ortho nitro benzene ring substituents is 1. The summed E-state index contributed by atoms with van der Waals surface area (Å²) in [4.78, 5) is 21.6. The number of nitro groups is 1. The van der Waals surface area contributed by atoms with Crippen molar-refractivity contribution in [1.82, 2.24) is 0 Å². The summed E-state index contributed by atoms with van der Waals surface area (Å²) >= 11 is 3.31. The molecule has 0 heterocycles. The SMILES string of the molecule is COC(=O)CCc1ccc(Oc2c(C)cc([N+](=O)[O-])cc2Br)cc1. The molecule has 2 aromatic rings. The monoisotopic (exact) mass is 393 g/mol. The molecule has 0 fully saturated rings. The Kier molecular flexibility index (Phi) is 5.92. The van der Waals surface area contributed by atoms with Crippen LogP contribution in [0.2, 0.25) is 0 Å². The van der Waals surface area contributed by atoms with Crippen molar-refractivity contribution < 1.29 is 19.2 Å². The van der Waals surface area contributed by atoms with Gasteiger partial charge < -0.3 is 9.47 Å². The highest BCUT2D eigenvalue weighted by Gasteiger charge is 2.14. The number of esters is 1. The number of nitrogens with zero attached hydrogens (tertiary/aromatic N) is 1. The minimum atomic E-state index is -0.447. The number of nitro benzene ring substituents is 1. The van der Waals surface area contributed by atoms with E-state index >= 15 is 0 Å². The van der Waals surface area contributed by atoms with Gasteiger partial charge in [-0.25, -0.2) is 0 Å². The lowest BCUT2D eigenvalue weighted by atomic mass is 10.1. The normalized spacial score (nSPS) is 10.3. The minimum Gasteiger partial charge on any atom is -0.469 e. The Morgan fingerprint density at radius 1 is 1.25 bits per heavy atom. The highest BCUT2D eigenvalue weighted by Crippen LogP contribution is 2.36. The first-order chi connectivity index (χ1) is 11.4. The zero-order chi connectivity index (χ0) is 17.7. The summed E-state index contributed by atoms with van der Waals surface area (Å²) in [5.74, 6) is 0.887. The van der Waals surface area contributed by atoms with Gasteiger partial charge in [-0.3, -0.25) is 14.9 Å². The molecule has 0 N–H and O–H groups in total. The number of aryl methyl sites for hydroxylation is 2. The lowest BCUT2D eigenvalue weighted by molar-refractivity contribution is -0.385. The van der Waals surface area contributed by atoms with Crippen molar-refractivity contribution in [2.75, 3.05) is 7.11 Å². The third kappa shape index (κ3) is 4.55. The van der Waals surface area contributed by atoms with E-state index in [9.17, 15) is 14.9 Å². The topological polar surface area (TPSA) is 78.7 Å². The number of hydrogen-bond donors (Lipinski definition) is 0. The summed E-state index contributed by atoms with van der Waals surface area (Å²) in [6, 6.07) is 10.2. The van der Waals surface area contributed by atoms with Crippen LogP contribution >= 0.6 is 15.9 Å². The fraction of sp³-hybridized carbons (Fsp3) is 0.235. The molecule has 0 aromatic heterocycles. The Hall–Kier alpha value is -2.41. The zero-order valence-electron chi connectivity index (χ0n) is 13.2. The number of carbonyl (C=O) groups is 1. The van der Waals surface area contributed by atoms with Crippen molar-refractivity contribution in [2.45, 2.75) is 19.8 Å². The molecule has 0 saturated carbocycles. The number of benzene rings is 2. The third-order valence-electron chi connectivity index (χ3n) is 3.41. The molecular weight excluding hydrogens is 378 g/mol. The molecule has 126 valence electrons. The lowest BCUT2D eigenvalue weighted by Gasteiger charge is -2.11. The molecule has 0 spiro atoms. The van der Waals surface area contributed by atoms with Crippen LogP contribution in [-0.4, -0.2) is 18.0 Å². The lowest BCUT2D eigenvalue weighted by Crippen LogP contribution is -2.01. The van der Waals surface area contributed by atoms with Crippen LogP contribution in [0.25, 0.3) is 0 Å².